The largest absolute Gasteiger partial charge is 0.313 e. The van der Waals surface area contributed by atoms with Crippen LogP contribution in [0.3, 0.4) is 0 Å². The first-order valence-corrected chi connectivity index (χ1v) is 8.97. The molecule has 1 rings (SSSR count). The van der Waals surface area contributed by atoms with Gasteiger partial charge in [-0.2, -0.15) is 11.8 Å². The molecule has 1 unspecified atom stereocenters. The Hall–Kier alpha value is -0.470. The second kappa shape index (κ2) is 8.74. The minimum absolute atomic E-state index is 0.587. The molecule has 1 atom stereocenters. The molecule has 0 spiro atoms. The summed E-state index contributed by atoms with van der Waals surface area (Å²) in [5, 5.41) is 3.65. The quantitative estimate of drug-likeness (QED) is 0.756. The predicted molar refractivity (Wildman–Crippen MR) is 94.0 cm³/mol. The highest BCUT2D eigenvalue weighted by Crippen LogP contribution is 2.20. The molecule has 0 fully saturated rings. The summed E-state index contributed by atoms with van der Waals surface area (Å²) in [6.07, 6.45) is 1.15. The molecule has 0 amide bonds. The van der Waals surface area contributed by atoms with Gasteiger partial charge in [-0.3, -0.25) is 0 Å². The molecule has 1 N–H and O–H groups in total. The fraction of sp³-hybridized carbons (Fsp3) is 0.667. The van der Waals surface area contributed by atoms with E-state index in [-0.39, 0.29) is 0 Å². The molecule has 20 heavy (non-hydrogen) atoms. The molecule has 0 aromatic heterocycles. The third-order valence-electron chi connectivity index (χ3n) is 3.55. The summed E-state index contributed by atoms with van der Waals surface area (Å²) in [6, 6.07) is 5.21. The van der Waals surface area contributed by atoms with Crippen LogP contribution in [0.25, 0.3) is 0 Å². The van der Waals surface area contributed by atoms with Crippen molar-refractivity contribution < 1.29 is 0 Å². The number of aryl methyl sites for hydroxylation is 3. The van der Waals surface area contributed by atoms with Gasteiger partial charge in [0.15, 0.2) is 0 Å². The molecule has 0 aliphatic carbocycles. The highest BCUT2D eigenvalue weighted by atomic mass is 32.2. The van der Waals surface area contributed by atoms with Gasteiger partial charge in [0.2, 0.25) is 0 Å². The van der Waals surface area contributed by atoms with Crippen molar-refractivity contribution in [2.45, 2.75) is 54.0 Å². The summed E-state index contributed by atoms with van der Waals surface area (Å²) in [6.45, 7) is 14.5. The molecule has 0 saturated carbocycles. The standard InChI is InChI=1S/C18H31NS/c1-7-19-17(12-20-11-13(2)3)10-18-15(5)8-14(4)9-16(18)6/h8-9,13,17,19H,7,10-12H2,1-6H3. The lowest BCUT2D eigenvalue weighted by Crippen LogP contribution is -2.34. The summed E-state index contributed by atoms with van der Waals surface area (Å²) in [4.78, 5) is 0. The molecule has 2 heteroatoms. The van der Waals surface area contributed by atoms with Crippen LogP contribution < -0.4 is 5.32 Å². The molecule has 1 aromatic carbocycles. The van der Waals surface area contributed by atoms with E-state index in [9.17, 15) is 0 Å². The fourth-order valence-corrected chi connectivity index (χ4v) is 3.83. The third-order valence-corrected chi connectivity index (χ3v) is 5.09. The van der Waals surface area contributed by atoms with Crippen LogP contribution in [-0.2, 0) is 6.42 Å². The van der Waals surface area contributed by atoms with Crippen molar-refractivity contribution in [3.8, 4) is 0 Å². The first kappa shape index (κ1) is 17.6. The van der Waals surface area contributed by atoms with Crippen LogP contribution in [0, 0.1) is 26.7 Å². The van der Waals surface area contributed by atoms with Crippen molar-refractivity contribution >= 4 is 11.8 Å². The SMILES string of the molecule is CCNC(CSCC(C)C)Cc1c(C)cc(C)cc1C. The fourth-order valence-electron chi connectivity index (χ4n) is 2.70. The van der Waals surface area contributed by atoms with E-state index in [0.29, 0.717) is 6.04 Å². The van der Waals surface area contributed by atoms with E-state index in [2.05, 4.69) is 70.8 Å². The zero-order valence-electron chi connectivity index (χ0n) is 14.0. The van der Waals surface area contributed by atoms with Crippen molar-refractivity contribution in [2.75, 3.05) is 18.1 Å². The van der Waals surface area contributed by atoms with Gasteiger partial charge in [0, 0.05) is 11.8 Å². The Morgan fingerprint density at radius 3 is 2.15 bits per heavy atom. The summed E-state index contributed by atoms with van der Waals surface area (Å²) in [7, 11) is 0. The van der Waals surface area contributed by atoms with Crippen LogP contribution in [-0.4, -0.2) is 24.1 Å². The number of rotatable bonds is 8. The monoisotopic (exact) mass is 293 g/mol. The minimum atomic E-state index is 0.587. The molecule has 114 valence electrons. The van der Waals surface area contributed by atoms with Crippen molar-refractivity contribution in [1.82, 2.24) is 5.32 Å². The molecule has 1 aromatic rings. The van der Waals surface area contributed by atoms with Gasteiger partial charge >= 0.3 is 0 Å². The highest BCUT2D eigenvalue weighted by molar-refractivity contribution is 7.99. The number of nitrogens with one attached hydrogen (secondary N) is 1. The average Bonchev–Trinajstić information content (AvgIpc) is 2.33. The van der Waals surface area contributed by atoms with Crippen molar-refractivity contribution in [2.24, 2.45) is 5.92 Å². The topological polar surface area (TPSA) is 12.0 Å². The lowest BCUT2D eigenvalue weighted by atomic mass is 9.95. The van der Waals surface area contributed by atoms with Gasteiger partial charge in [-0.15, -0.1) is 0 Å². The number of thioether (sulfide) groups is 1. The normalized spacial score (nSPS) is 12.9. The lowest BCUT2D eigenvalue weighted by Gasteiger charge is -2.21. The van der Waals surface area contributed by atoms with Crippen molar-refractivity contribution in [1.29, 1.82) is 0 Å². The first-order valence-electron chi connectivity index (χ1n) is 7.81. The second-order valence-electron chi connectivity index (χ2n) is 6.27. The Labute approximate surface area is 129 Å². The van der Waals surface area contributed by atoms with E-state index in [0.717, 1.165) is 18.9 Å². The summed E-state index contributed by atoms with van der Waals surface area (Å²) in [5.74, 6) is 3.25. The minimum Gasteiger partial charge on any atom is -0.313 e. The van der Waals surface area contributed by atoms with Crippen LogP contribution in [0.1, 0.15) is 43.0 Å². The molecule has 0 aliphatic rings. The lowest BCUT2D eigenvalue weighted by molar-refractivity contribution is 0.569. The van der Waals surface area contributed by atoms with Crippen molar-refractivity contribution in [3.05, 3.63) is 34.4 Å². The maximum Gasteiger partial charge on any atom is 0.0198 e. The Kier molecular flexibility index (Phi) is 7.68. The van der Waals surface area contributed by atoms with Gasteiger partial charge in [0.1, 0.15) is 0 Å². The number of benzene rings is 1. The highest BCUT2D eigenvalue weighted by Gasteiger charge is 2.12. The summed E-state index contributed by atoms with van der Waals surface area (Å²) < 4.78 is 0. The molecule has 0 saturated heterocycles. The maximum atomic E-state index is 3.65. The number of hydrogen-bond acceptors (Lipinski definition) is 2. The molecule has 0 bridgehead atoms. The van der Waals surface area contributed by atoms with E-state index >= 15 is 0 Å². The maximum absolute atomic E-state index is 3.65. The van der Waals surface area contributed by atoms with Gasteiger partial charge in [0.05, 0.1) is 0 Å². The van der Waals surface area contributed by atoms with Gasteiger partial charge in [-0.25, -0.2) is 0 Å². The Morgan fingerprint density at radius 2 is 1.65 bits per heavy atom. The summed E-state index contributed by atoms with van der Waals surface area (Å²) >= 11 is 2.08. The molecular formula is C18H31NS. The molecule has 0 radical (unpaired) electrons. The number of hydrogen-bond donors (Lipinski definition) is 1. The van der Waals surface area contributed by atoms with Gasteiger partial charge in [-0.1, -0.05) is 38.5 Å². The molecule has 0 heterocycles. The van der Waals surface area contributed by atoms with E-state index in [1.165, 1.54) is 33.8 Å². The van der Waals surface area contributed by atoms with Gasteiger partial charge < -0.3 is 5.32 Å². The van der Waals surface area contributed by atoms with E-state index in [1.54, 1.807) is 0 Å². The second-order valence-corrected chi connectivity index (χ2v) is 7.34. The zero-order chi connectivity index (χ0) is 15.1. The van der Waals surface area contributed by atoms with E-state index in [4.69, 9.17) is 0 Å². The molecule has 1 nitrogen and oxygen atoms in total. The number of likely N-dealkylation sites (N-methyl/N-ethyl adjacent to an activating group) is 1. The third kappa shape index (κ3) is 5.88. The van der Waals surface area contributed by atoms with E-state index < -0.39 is 0 Å². The van der Waals surface area contributed by atoms with Crippen LogP contribution in [0.4, 0.5) is 0 Å². The van der Waals surface area contributed by atoms with Crippen molar-refractivity contribution in [3.63, 3.8) is 0 Å². The smallest absolute Gasteiger partial charge is 0.0198 e. The van der Waals surface area contributed by atoms with E-state index in [1.807, 2.05) is 0 Å². The van der Waals surface area contributed by atoms with Crippen LogP contribution >= 0.6 is 11.8 Å². The average molecular weight is 294 g/mol. The Morgan fingerprint density at radius 1 is 1.05 bits per heavy atom. The zero-order valence-corrected chi connectivity index (χ0v) is 14.9. The molecular weight excluding hydrogens is 262 g/mol. The van der Waals surface area contributed by atoms with Gasteiger partial charge in [-0.05, 0) is 62.1 Å². The van der Waals surface area contributed by atoms with Crippen LogP contribution in [0.5, 0.6) is 0 Å². The Bertz CT molecular complexity index is 389. The summed E-state index contributed by atoms with van der Waals surface area (Å²) in [5.41, 5.74) is 5.79. The molecule has 0 aliphatic heterocycles. The first-order chi connectivity index (χ1) is 9.43. The predicted octanol–water partition coefficient (Wildman–Crippen LogP) is 4.52. The van der Waals surface area contributed by atoms with Crippen LogP contribution in [0.2, 0.25) is 0 Å². The Balaban J connectivity index is 2.70. The van der Waals surface area contributed by atoms with Gasteiger partial charge in [0.25, 0.3) is 0 Å². The van der Waals surface area contributed by atoms with Crippen LogP contribution in [0.15, 0.2) is 12.1 Å².